The zero-order valence-electron chi connectivity index (χ0n) is 86.9. The van der Waals surface area contributed by atoms with Crippen molar-refractivity contribution in [2.75, 3.05) is 45.6 Å². The first-order chi connectivity index (χ1) is 61.7. The number of para-hydroxylation sites is 11. The molecule has 0 saturated heterocycles. The van der Waals surface area contributed by atoms with Crippen molar-refractivity contribution in [1.29, 1.82) is 0 Å². The third-order valence-corrected chi connectivity index (χ3v) is 20.4. The third-order valence-electron chi connectivity index (χ3n) is 20.4. The average molecular weight is 1770 g/mol. The van der Waals surface area contributed by atoms with Crippen molar-refractivity contribution in [1.82, 2.24) is 48.4 Å². The molecule has 0 radical (unpaired) electrons. The molecule has 21 nitrogen and oxygen atoms in total. The summed E-state index contributed by atoms with van der Waals surface area (Å²) in [5, 5.41) is 8.11. The number of aliphatic imine (C=N–C) groups is 2. The Morgan fingerprint density at radius 1 is 0.326 bits per heavy atom. The van der Waals surface area contributed by atoms with Gasteiger partial charge in [-0.2, -0.15) is 0 Å². The molecule has 708 valence electrons. The maximum Gasteiger partial charge on any atom is 0.324 e. The second-order valence-corrected chi connectivity index (χ2v) is 31.2. The van der Waals surface area contributed by atoms with E-state index in [-0.39, 0.29) is 30.2 Å². The minimum absolute atomic E-state index is 0.0219. The highest BCUT2D eigenvalue weighted by atomic mass is 16.2. The molecule has 5 aliphatic heterocycles. The van der Waals surface area contributed by atoms with Crippen LogP contribution in [0, 0.1) is 6.92 Å². The van der Waals surface area contributed by atoms with E-state index < -0.39 is 11.1 Å². The summed E-state index contributed by atoms with van der Waals surface area (Å²) in [6.07, 6.45) is 0. The quantitative estimate of drug-likeness (QED) is 0.132. The number of benzene rings is 8. The van der Waals surface area contributed by atoms with Crippen LogP contribution in [0.5, 0.6) is 0 Å². The van der Waals surface area contributed by atoms with Crippen molar-refractivity contribution in [3.63, 3.8) is 0 Å². The summed E-state index contributed by atoms with van der Waals surface area (Å²) < 4.78 is 7.12. The number of urea groups is 2. The topological polar surface area (TPSA) is 177 Å². The Bertz CT molecular complexity index is 5290. The molecule has 0 fully saturated rings. The fraction of sp³-hybridized carbons (Fsp3) is 0.472. The molecule has 21 heteroatoms. The second-order valence-electron chi connectivity index (χ2n) is 31.2. The summed E-state index contributed by atoms with van der Waals surface area (Å²) in [5.41, 5.74) is 17.1. The van der Waals surface area contributed by atoms with Crippen LogP contribution < -0.4 is 35.6 Å². The number of nitrogens with zero attached hydrogens (tertiary/aromatic N) is 17. The predicted molar refractivity (Wildman–Crippen MR) is 562 cm³/mol. The van der Waals surface area contributed by atoms with Crippen LogP contribution in [0.25, 0.3) is 33.1 Å². The van der Waals surface area contributed by atoms with Crippen LogP contribution >= 0.6 is 0 Å². The van der Waals surface area contributed by atoms with Gasteiger partial charge in [-0.3, -0.25) is 28.9 Å². The molecule has 0 atom stereocenters. The van der Waals surface area contributed by atoms with Gasteiger partial charge in [0.25, 0.3) is 0 Å². The molecule has 8 aromatic carbocycles. The summed E-state index contributed by atoms with van der Waals surface area (Å²) in [6.45, 7) is 79.2. The van der Waals surface area contributed by atoms with Crippen molar-refractivity contribution >= 4 is 91.0 Å². The van der Waals surface area contributed by atoms with Gasteiger partial charge >= 0.3 is 23.2 Å². The number of amides is 4. The summed E-state index contributed by atoms with van der Waals surface area (Å²) in [7, 11) is 7.35. The monoisotopic (exact) mass is 1770 g/mol. The van der Waals surface area contributed by atoms with E-state index in [1.165, 1.54) is 54.0 Å². The molecule has 16 rings (SSSR count). The molecule has 129 heavy (non-hydrogen) atoms. The SMILES string of the molecule is C=C1N(C)c2ccccc2N1C(C)C.CC.CC.CC.CC.CC.CC.CC.CC.CC(C)N1C(=O)N(C)Cc2ccccc21.CC(C)N1Cc2ccccc2N(C)C1=O.CC(C)n1c(=O)c(=O)n(C)c2ccccc21.CC(C)n1nnc2ccccc21.CC1=NCc2ccccc2N1C(C)C.CC1=Nc2ccccc2CN1C(C)C.Cc1nc2ccccc2n1C(C)C. The Labute approximate surface area is 779 Å². The van der Waals surface area contributed by atoms with E-state index in [2.05, 4.69) is 250 Å². The minimum Gasteiger partial charge on any atom is -0.353 e. The Kier molecular flexibility index (Phi) is 53.2. The molecule has 0 aliphatic carbocycles. The van der Waals surface area contributed by atoms with E-state index >= 15 is 0 Å². The second kappa shape index (κ2) is 59.5. The maximum atomic E-state index is 12.0. The summed E-state index contributed by atoms with van der Waals surface area (Å²) in [6, 6.07) is 67.9. The first-order valence-corrected chi connectivity index (χ1v) is 47.5. The van der Waals surface area contributed by atoms with Gasteiger partial charge in [0.2, 0.25) is 0 Å². The molecule has 4 amide bonds. The summed E-state index contributed by atoms with van der Waals surface area (Å²) in [4.78, 5) is 77.4. The minimum atomic E-state index is -0.479. The van der Waals surface area contributed by atoms with Gasteiger partial charge in [-0.15, -0.1) is 5.10 Å². The van der Waals surface area contributed by atoms with Crippen LogP contribution in [0.1, 0.15) is 282 Å². The number of amidine groups is 2. The molecule has 5 aliphatic rings. The lowest BCUT2D eigenvalue weighted by molar-refractivity contribution is 0.184. The largest absolute Gasteiger partial charge is 0.353 e. The Hall–Kier alpha value is -11.6. The van der Waals surface area contributed by atoms with Crippen LogP contribution in [0.4, 0.5) is 43.7 Å². The average Bonchev–Trinajstić information content (AvgIpc) is 1.51. The van der Waals surface area contributed by atoms with E-state index in [4.69, 9.17) is 0 Å². The smallest absolute Gasteiger partial charge is 0.324 e. The van der Waals surface area contributed by atoms with Gasteiger partial charge in [0.15, 0.2) is 0 Å². The van der Waals surface area contributed by atoms with Gasteiger partial charge in [0, 0.05) is 102 Å². The van der Waals surface area contributed by atoms with Crippen molar-refractivity contribution in [2.24, 2.45) is 17.0 Å². The maximum absolute atomic E-state index is 12.0. The van der Waals surface area contributed by atoms with Crippen LogP contribution in [-0.2, 0) is 33.2 Å². The third kappa shape index (κ3) is 30.8. The zero-order chi connectivity index (χ0) is 98.4. The zero-order valence-corrected chi connectivity index (χ0v) is 86.9. The molecule has 0 saturated carbocycles. The molecule has 0 unspecified atom stereocenters. The van der Waals surface area contributed by atoms with Gasteiger partial charge < -0.3 is 38.5 Å². The molecule has 3 aromatic heterocycles. The fourth-order valence-electron chi connectivity index (χ4n) is 14.7. The first-order valence-electron chi connectivity index (χ1n) is 47.5. The highest BCUT2D eigenvalue weighted by molar-refractivity contribution is 5.99. The molecule has 0 N–H and O–H groups in total. The molecule has 0 spiro atoms. The molecular weight excluding hydrogens is 1600 g/mol. The van der Waals surface area contributed by atoms with Crippen molar-refractivity contribution in [3.05, 3.63) is 255 Å². The van der Waals surface area contributed by atoms with Crippen molar-refractivity contribution < 1.29 is 9.59 Å². The number of imidazole rings is 1. The first kappa shape index (κ1) is 115. The summed E-state index contributed by atoms with van der Waals surface area (Å²) in [5.74, 6) is 4.40. The normalized spacial score (nSPS) is 12.7. The van der Waals surface area contributed by atoms with Crippen LogP contribution in [-0.4, -0.2) is 123 Å². The van der Waals surface area contributed by atoms with E-state index in [0.717, 1.165) is 87.6 Å². The van der Waals surface area contributed by atoms with Gasteiger partial charge in [0.1, 0.15) is 28.8 Å². The number of carbonyl (C=O) groups excluding carboxylic acids is 2. The van der Waals surface area contributed by atoms with Crippen molar-refractivity contribution in [2.45, 2.75) is 317 Å². The molecule has 0 bridgehead atoms. The lowest BCUT2D eigenvalue weighted by Gasteiger charge is -2.37. The lowest BCUT2D eigenvalue weighted by Crippen LogP contribution is -2.48. The Balaban J connectivity index is 0.000000721. The van der Waals surface area contributed by atoms with Crippen molar-refractivity contribution in [3.8, 4) is 0 Å². The standard InChI is InChI=1S/C12H14N2O2.2C12H16N2O.3C12H16N2.C11H14N2.C9H11N3.8C2H6/c1-8(2)14-10-7-5-4-6-9(10)13(3)11(15)12(14)16;1-9(2)14-8-10-6-4-5-7-11(10)13(3)12(14)15;1-9(2)14-11-7-5-4-6-10(11)8-13(3)12(14)15;1-9(2)14-10(3)13(4)11-7-5-6-8-12(11)14;1-9(2)14-8-11-6-4-5-7-12(11)13-10(14)3;1-9(2)14-10(3)13-8-11-6-4-5-7-12(11)14;1-8(2)13-9(3)12-10-6-4-5-7-11(10)13;1-7(2)12-9-6-4-3-5-8(9)10-11-12;8*1-2/h4-8H,1-3H3;2*4-7,9H,8H2,1-3H3;5-9H,3H2,1-2,4H3;2*4-7,9H,8H2,1-3H3;4-8H,1-3H3;3-7H,1-2H3;8*1-2H3. The number of rotatable bonds is 8. The molecule has 11 aromatic rings. The number of aromatic nitrogens is 7. The number of hydrogen-bond donors (Lipinski definition) is 0. The number of hydrogen-bond acceptors (Lipinski definition) is 13. The number of carbonyl (C=O) groups is 2. The highest BCUT2D eigenvalue weighted by Crippen LogP contribution is 2.41. The van der Waals surface area contributed by atoms with Gasteiger partial charge in [-0.25, -0.2) is 24.2 Å². The molecular formula is C108H167N17O4. The van der Waals surface area contributed by atoms with Gasteiger partial charge in [-0.1, -0.05) is 244 Å². The van der Waals surface area contributed by atoms with E-state index in [1.807, 2.05) is 278 Å². The summed E-state index contributed by atoms with van der Waals surface area (Å²) >= 11 is 0. The van der Waals surface area contributed by atoms with Crippen LogP contribution in [0.3, 0.4) is 0 Å². The van der Waals surface area contributed by atoms with Gasteiger partial charge in [-0.05, 0) is 227 Å². The van der Waals surface area contributed by atoms with E-state index in [0.29, 0.717) is 36.8 Å². The van der Waals surface area contributed by atoms with E-state index in [9.17, 15) is 19.2 Å². The number of fused-ring (bicyclic) bond motifs is 8. The van der Waals surface area contributed by atoms with E-state index in [1.54, 1.807) is 16.8 Å². The highest BCUT2D eigenvalue weighted by Gasteiger charge is 2.32. The molecule has 8 heterocycles. The van der Waals surface area contributed by atoms with Gasteiger partial charge in [0.05, 0.1) is 62.6 Å². The predicted octanol–water partition coefficient (Wildman–Crippen LogP) is 28.0. The Morgan fingerprint density at radius 2 is 0.729 bits per heavy atom. The number of anilines is 5. The Morgan fingerprint density at radius 3 is 1.22 bits per heavy atom. The number of aryl methyl sites for hydroxylation is 2. The fourth-order valence-corrected chi connectivity index (χ4v) is 14.7. The lowest BCUT2D eigenvalue weighted by atomic mass is 10.1. The van der Waals surface area contributed by atoms with Crippen LogP contribution in [0.2, 0.25) is 0 Å². The van der Waals surface area contributed by atoms with Crippen LogP contribution in [0.15, 0.2) is 226 Å².